The Morgan fingerprint density at radius 1 is 1.36 bits per heavy atom. The Kier molecular flexibility index (Phi) is 5.34. The highest BCUT2D eigenvalue weighted by Crippen LogP contribution is 2.33. The summed E-state index contributed by atoms with van der Waals surface area (Å²) in [6.45, 7) is 3.09. The van der Waals surface area contributed by atoms with E-state index in [2.05, 4.69) is 0 Å². The maximum Gasteiger partial charge on any atom is 0.416 e. The fraction of sp³-hybridized carbons (Fsp3) is 0.625. The second-order valence-electron chi connectivity index (χ2n) is 6.11. The molecule has 1 saturated heterocycles. The Labute approximate surface area is 128 Å². The maximum atomic E-state index is 12.8. The van der Waals surface area contributed by atoms with E-state index >= 15 is 0 Å². The number of aliphatic hydroxyl groups is 1. The number of hydrogen-bond acceptors (Lipinski definition) is 3. The zero-order chi connectivity index (χ0) is 16.3. The van der Waals surface area contributed by atoms with Crippen LogP contribution in [0.2, 0.25) is 0 Å². The second kappa shape index (κ2) is 6.87. The van der Waals surface area contributed by atoms with Gasteiger partial charge in [-0.3, -0.25) is 0 Å². The molecule has 1 heterocycles. The van der Waals surface area contributed by atoms with Gasteiger partial charge in [0.05, 0.1) is 11.7 Å². The standard InChI is InChI=1S/C16H23F3N2O/c1-2-15(22)7-11-6-13(20)10-21(9-11)14-5-3-4-12(8-14)16(17,18)19/h3-5,8,11,13,15,22H,2,6-7,9-10,20H2,1H3. The molecule has 3 nitrogen and oxygen atoms in total. The number of nitrogens with zero attached hydrogens (tertiary/aromatic N) is 1. The average molecular weight is 316 g/mol. The van der Waals surface area contributed by atoms with Crippen molar-refractivity contribution in [3.05, 3.63) is 29.8 Å². The van der Waals surface area contributed by atoms with Gasteiger partial charge in [-0.15, -0.1) is 0 Å². The number of halogens is 3. The van der Waals surface area contributed by atoms with E-state index in [0.717, 1.165) is 12.5 Å². The molecule has 0 amide bonds. The number of hydrogen-bond donors (Lipinski definition) is 2. The van der Waals surface area contributed by atoms with Crippen molar-refractivity contribution >= 4 is 5.69 Å². The average Bonchev–Trinajstić information content (AvgIpc) is 2.45. The topological polar surface area (TPSA) is 49.5 Å². The van der Waals surface area contributed by atoms with E-state index in [-0.39, 0.29) is 18.1 Å². The van der Waals surface area contributed by atoms with Gasteiger partial charge in [0.1, 0.15) is 0 Å². The molecule has 0 aromatic heterocycles. The van der Waals surface area contributed by atoms with E-state index in [9.17, 15) is 18.3 Å². The summed E-state index contributed by atoms with van der Waals surface area (Å²) in [5.74, 6) is 0.202. The summed E-state index contributed by atoms with van der Waals surface area (Å²) in [6, 6.07) is 5.27. The number of anilines is 1. The van der Waals surface area contributed by atoms with Crippen LogP contribution in [-0.4, -0.2) is 30.3 Å². The van der Waals surface area contributed by atoms with Crippen LogP contribution in [-0.2, 0) is 6.18 Å². The van der Waals surface area contributed by atoms with E-state index in [1.54, 1.807) is 6.07 Å². The molecule has 0 bridgehead atoms. The van der Waals surface area contributed by atoms with Crippen molar-refractivity contribution in [1.29, 1.82) is 0 Å². The fourth-order valence-corrected chi connectivity index (χ4v) is 3.06. The molecule has 6 heteroatoms. The molecule has 1 fully saturated rings. The first-order chi connectivity index (χ1) is 10.3. The molecular formula is C16H23F3N2O. The highest BCUT2D eigenvalue weighted by molar-refractivity contribution is 5.50. The van der Waals surface area contributed by atoms with E-state index in [1.807, 2.05) is 11.8 Å². The van der Waals surface area contributed by atoms with Crippen LogP contribution >= 0.6 is 0 Å². The third-order valence-electron chi connectivity index (χ3n) is 4.18. The lowest BCUT2D eigenvalue weighted by Gasteiger charge is -2.38. The zero-order valence-electron chi connectivity index (χ0n) is 12.7. The minimum atomic E-state index is -4.34. The summed E-state index contributed by atoms with van der Waals surface area (Å²) in [5, 5.41) is 9.80. The van der Waals surface area contributed by atoms with Crippen molar-refractivity contribution in [3.8, 4) is 0 Å². The van der Waals surface area contributed by atoms with Crippen LogP contribution in [0.5, 0.6) is 0 Å². The fourth-order valence-electron chi connectivity index (χ4n) is 3.06. The summed E-state index contributed by atoms with van der Waals surface area (Å²) in [5.41, 5.74) is 5.95. The van der Waals surface area contributed by atoms with Gasteiger partial charge in [-0.25, -0.2) is 0 Å². The van der Waals surface area contributed by atoms with Gasteiger partial charge in [-0.2, -0.15) is 13.2 Å². The minimum Gasteiger partial charge on any atom is -0.393 e. The molecule has 1 aromatic rings. The van der Waals surface area contributed by atoms with Gasteiger partial charge in [-0.1, -0.05) is 13.0 Å². The molecule has 1 aromatic carbocycles. The number of piperidine rings is 1. The summed E-state index contributed by atoms with van der Waals surface area (Å²) < 4.78 is 38.5. The third-order valence-corrected chi connectivity index (χ3v) is 4.18. The molecule has 0 aliphatic carbocycles. The lowest BCUT2D eigenvalue weighted by atomic mass is 9.89. The van der Waals surface area contributed by atoms with Crippen molar-refractivity contribution in [2.45, 2.75) is 44.5 Å². The molecule has 0 saturated carbocycles. The highest BCUT2D eigenvalue weighted by atomic mass is 19.4. The van der Waals surface area contributed by atoms with E-state index in [0.29, 0.717) is 31.6 Å². The number of nitrogens with two attached hydrogens (primary N) is 1. The van der Waals surface area contributed by atoms with Crippen LogP contribution in [0.15, 0.2) is 24.3 Å². The van der Waals surface area contributed by atoms with Gasteiger partial charge < -0.3 is 15.7 Å². The maximum absolute atomic E-state index is 12.8. The molecule has 22 heavy (non-hydrogen) atoms. The quantitative estimate of drug-likeness (QED) is 0.898. The number of alkyl halides is 3. The third kappa shape index (κ3) is 4.36. The Morgan fingerprint density at radius 2 is 2.09 bits per heavy atom. The minimum absolute atomic E-state index is 0.0858. The van der Waals surface area contributed by atoms with Gasteiger partial charge in [0.25, 0.3) is 0 Å². The molecule has 3 unspecified atom stereocenters. The van der Waals surface area contributed by atoms with Crippen LogP contribution in [0.25, 0.3) is 0 Å². The van der Waals surface area contributed by atoms with Crippen LogP contribution < -0.4 is 10.6 Å². The van der Waals surface area contributed by atoms with Crippen LogP contribution in [0.4, 0.5) is 18.9 Å². The lowest BCUT2D eigenvalue weighted by molar-refractivity contribution is -0.137. The van der Waals surface area contributed by atoms with Gasteiger partial charge in [0.2, 0.25) is 0 Å². The van der Waals surface area contributed by atoms with Crippen LogP contribution in [0, 0.1) is 5.92 Å². The Morgan fingerprint density at radius 3 is 2.73 bits per heavy atom. The van der Waals surface area contributed by atoms with E-state index in [1.165, 1.54) is 12.1 Å². The first kappa shape index (κ1) is 17.1. The molecule has 1 aliphatic heterocycles. The molecular weight excluding hydrogens is 293 g/mol. The van der Waals surface area contributed by atoms with Crippen molar-refractivity contribution < 1.29 is 18.3 Å². The number of aliphatic hydroxyl groups excluding tert-OH is 1. The summed E-state index contributed by atoms with van der Waals surface area (Å²) in [6.07, 6.45) is -2.61. The lowest BCUT2D eigenvalue weighted by Crippen LogP contribution is -2.47. The van der Waals surface area contributed by atoms with Gasteiger partial charge in [-0.05, 0) is 43.4 Å². The molecule has 2 rings (SSSR count). The van der Waals surface area contributed by atoms with Crippen molar-refractivity contribution in [2.24, 2.45) is 11.7 Å². The van der Waals surface area contributed by atoms with Gasteiger partial charge >= 0.3 is 6.18 Å². The second-order valence-corrected chi connectivity index (χ2v) is 6.11. The van der Waals surface area contributed by atoms with Crippen molar-refractivity contribution in [2.75, 3.05) is 18.0 Å². The van der Waals surface area contributed by atoms with Gasteiger partial charge in [0, 0.05) is 24.8 Å². The van der Waals surface area contributed by atoms with Crippen molar-refractivity contribution in [1.82, 2.24) is 0 Å². The molecule has 1 aliphatic rings. The molecule has 3 N–H and O–H groups in total. The first-order valence-corrected chi connectivity index (χ1v) is 7.65. The molecule has 0 radical (unpaired) electrons. The monoisotopic (exact) mass is 316 g/mol. The number of benzene rings is 1. The Balaban J connectivity index is 2.14. The van der Waals surface area contributed by atoms with Gasteiger partial charge in [0.15, 0.2) is 0 Å². The predicted octanol–water partition coefficient (Wildman–Crippen LogP) is 3.02. The SMILES string of the molecule is CCC(O)CC1CC(N)CN(c2cccc(C(F)(F)F)c2)C1. The van der Waals surface area contributed by atoms with E-state index < -0.39 is 11.7 Å². The largest absolute Gasteiger partial charge is 0.416 e. The van der Waals surface area contributed by atoms with Crippen LogP contribution in [0.1, 0.15) is 31.7 Å². The Hall–Kier alpha value is -1.27. The Bertz CT molecular complexity index is 493. The normalized spacial score (nSPS) is 24.4. The zero-order valence-corrected chi connectivity index (χ0v) is 12.7. The predicted molar refractivity (Wildman–Crippen MR) is 80.7 cm³/mol. The summed E-state index contributed by atoms with van der Waals surface area (Å²) in [7, 11) is 0. The van der Waals surface area contributed by atoms with E-state index in [4.69, 9.17) is 5.73 Å². The molecule has 3 atom stereocenters. The van der Waals surface area contributed by atoms with Crippen LogP contribution in [0.3, 0.4) is 0 Å². The molecule has 124 valence electrons. The summed E-state index contributed by atoms with van der Waals surface area (Å²) in [4.78, 5) is 1.90. The smallest absolute Gasteiger partial charge is 0.393 e. The number of rotatable bonds is 4. The first-order valence-electron chi connectivity index (χ1n) is 7.65. The van der Waals surface area contributed by atoms with Crippen molar-refractivity contribution in [3.63, 3.8) is 0 Å². The molecule has 0 spiro atoms. The summed E-state index contributed by atoms with van der Waals surface area (Å²) >= 11 is 0. The highest BCUT2D eigenvalue weighted by Gasteiger charge is 2.32.